The lowest BCUT2D eigenvalue weighted by Gasteiger charge is -2.30. The van der Waals surface area contributed by atoms with Crippen LogP contribution in [0.5, 0.6) is 0 Å². The number of hydrogen-bond acceptors (Lipinski definition) is 6. The van der Waals surface area contributed by atoms with Crippen molar-refractivity contribution in [3.63, 3.8) is 0 Å². The van der Waals surface area contributed by atoms with Crippen molar-refractivity contribution in [3.05, 3.63) is 52.4 Å². The number of carbonyl (C=O) groups excluding carboxylic acids is 1. The lowest BCUT2D eigenvalue weighted by atomic mass is 10.3. The molecule has 8 heteroatoms. The van der Waals surface area contributed by atoms with Gasteiger partial charge in [0.2, 0.25) is 11.9 Å². The molecule has 1 aliphatic rings. The van der Waals surface area contributed by atoms with Gasteiger partial charge in [0.25, 0.3) is 5.56 Å². The highest BCUT2D eigenvalue weighted by molar-refractivity contribution is 5.93. The Morgan fingerprint density at radius 3 is 2.61 bits per heavy atom. The minimum atomic E-state index is -0.263. The van der Waals surface area contributed by atoms with Gasteiger partial charge in [-0.25, -0.2) is 4.98 Å². The molecule has 1 aliphatic heterocycles. The molecule has 0 spiro atoms. The molecular weight excluding hydrogens is 360 g/mol. The van der Waals surface area contributed by atoms with Gasteiger partial charge in [0.15, 0.2) is 0 Å². The van der Waals surface area contributed by atoms with E-state index < -0.39 is 0 Å². The number of carbonyl (C=O) groups is 1. The van der Waals surface area contributed by atoms with Crippen LogP contribution in [-0.2, 0) is 27.4 Å². The fourth-order valence-corrected chi connectivity index (χ4v) is 3.25. The van der Waals surface area contributed by atoms with Crippen LogP contribution in [0.25, 0.3) is 0 Å². The summed E-state index contributed by atoms with van der Waals surface area (Å²) in [6.45, 7) is 4.95. The van der Waals surface area contributed by atoms with Gasteiger partial charge >= 0.3 is 0 Å². The van der Waals surface area contributed by atoms with Gasteiger partial charge in [0.05, 0.1) is 25.5 Å². The van der Waals surface area contributed by atoms with Gasteiger partial charge in [-0.15, -0.1) is 0 Å². The number of methoxy groups -OCH3 is 1. The number of amides is 1. The van der Waals surface area contributed by atoms with Crippen LogP contribution in [0.1, 0.15) is 12.6 Å². The Bertz CT molecular complexity index is 847. The summed E-state index contributed by atoms with van der Waals surface area (Å²) in [5, 5.41) is 0. The monoisotopic (exact) mass is 386 g/mol. The van der Waals surface area contributed by atoms with Crippen molar-refractivity contribution < 1.29 is 14.3 Å². The van der Waals surface area contributed by atoms with Crippen molar-refractivity contribution in [2.75, 3.05) is 49.8 Å². The number of benzene rings is 1. The van der Waals surface area contributed by atoms with Crippen LogP contribution in [0.2, 0.25) is 0 Å². The molecule has 0 radical (unpaired) electrons. The van der Waals surface area contributed by atoms with Crippen LogP contribution in [-0.4, -0.2) is 55.4 Å². The first-order chi connectivity index (χ1) is 13.6. The molecule has 0 atom stereocenters. The molecule has 0 unspecified atom stereocenters. The average molecular weight is 386 g/mol. The molecule has 1 amide bonds. The Kier molecular flexibility index (Phi) is 6.78. The van der Waals surface area contributed by atoms with E-state index in [-0.39, 0.29) is 24.6 Å². The van der Waals surface area contributed by atoms with Gasteiger partial charge in [-0.3, -0.25) is 14.2 Å². The Balaban J connectivity index is 1.93. The number of anilines is 2. The predicted octanol–water partition coefficient (Wildman–Crippen LogP) is 1.28. The Morgan fingerprint density at radius 1 is 1.25 bits per heavy atom. The third-order valence-corrected chi connectivity index (χ3v) is 4.61. The topological polar surface area (TPSA) is 76.9 Å². The number of nitrogens with zero attached hydrogens (tertiary/aromatic N) is 4. The second-order valence-corrected chi connectivity index (χ2v) is 6.48. The predicted molar refractivity (Wildman–Crippen MR) is 107 cm³/mol. The summed E-state index contributed by atoms with van der Waals surface area (Å²) in [5.41, 5.74) is 1.09. The summed E-state index contributed by atoms with van der Waals surface area (Å²) >= 11 is 0. The number of aromatic nitrogens is 2. The van der Waals surface area contributed by atoms with E-state index in [1.54, 1.807) is 12.0 Å². The molecule has 1 aromatic heterocycles. The van der Waals surface area contributed by atoms with E-state index in [0.717, 1.165) is 5.69 Å². The molecule has 8 nitrogen and oxygen atoms in total. The maximum atomic E-state index is 13.0. The first kappa shape index (κ1) is 20.0. The van der Waals surface area contributed by atoms with Crippen LogP contribution >= 0.6 is 0 Å². The van der Waals surface area contributed by atoms with Crippen molar-refractivity contribution in [2.45, 2.75) is 20.1 Å². The van der Waals surface area contributed by atoms with E-state index in [4.69, 9.17) is 9.47 Å². The molecule has 2 heterocycles. The highest BCUT2D eigenvalue weighted by atomic mass is 16.5. The van der Waals surface area contributed by atoms with Gasteiger partial charge in [-0.1, -0.05) is 18.2 Å². The Morgan fingerprint density at radius 2 is 1.96 bits per heavy atom. The van der Waals surface area contributed by atoms with Gasteiger partial charge in [-0.2, -0.15) is 0 Å². The van der Waals surface area contributed by atoms with E-state index >= 15 is 0 Å². The van der Waals surface area contributed by atoms with Crippen molar-refractivity contribution in [3.8, 4) is 0 Å². The summed E-state index contributed by atoms with van der Waals surface area (Å²) < 4.78 is 12.0. The molecule has 1 aromatic carbocycles. The summed E-state index contributed by atoms with van der Waals surface area (Å²) in [6.07, 6.45) is 0. The standard InChI is InChI=1S/C20H26N4O4/c1-3-23(17-7-5-4-6-8-17)19(26)14-24-18(25)13-16(15-27-2)21-20(24)22-9-11-28-12-10-22/h4-8,13H,3,9-12,14-15H2,1-2H3. The zero-order chi connectivity index (χ0) is 19.9. The van der Waals surface area contributed by atoms with E-state index in [0.29, 0.717) is 44.5 Å². The van der Waals surface area contributed by atoms with Crippen molar-refractivity contribution in [1.29, 1.82) is 0 Å². The summed E-state index contributed by atoms with van der Waals surface area (Å²) in [6, 6.07) is 10.9. The third-order valence-electron chi connectivity index (χ3n) is 4.61. The highest BCUT2D eigenvalue weighted by Crippen LogP contribution is 2.16. The molecule has 0 N–H and O–H groups in total. The van der Waals surface area contributed by atoms with Crippen LogP contribution in [0.3, 0.4) is 0 Å². The molecule has 1 saturated heterocycles. The Labute approximate surface area is 164 Å². The van der Waals surface area contributed by atoms with Gasteiger partial charge in [0.1, 0.15) is 6.54 Å². The van der Waals surface area contributed by atoms with E-state index in [2.05, 4.69) is 4.98 Å². The lowest BCUT2D eigenvalue weighted by Crippen LogP contribution is -2.43. The molecule has 0 aliphatic carbocycles. The van der Waals surface area contributed by atoms with E-state index in [1.807, 2.05) is 42.2 Å². The van der Waals surface area contributed by atoms with Gasteiger partial charge < -0.3 is 19.3 Å². The SMILES string of the molecule is CCN(C(=O)Cn1c(N2CCOCC2)nc(COC)cc1=O)c1ccccc1. The molecule has 150 valence electrons. The van der Waals surface area contributed by atoms with Crippen LogP contribution in [0.4, 0.5) is 11.6 Å². The smallest absolute Gasteiger partial charge is 0.255 e. The summed E-state index contributed by atoms with van der Waals surface area (Å²) in [4.78, 5) is 34.1. The van der Waals surface area contributed by atoms with Crippen LogP contribution < -0.4 is 15.4 Å². The zero-order valence-electron chi connectivity index (χ0n) is 16.3. The molecule has 2 aromatic rings. The second kappa shape index (κ2) is 9.48. The average Bonchev–Trinajstić information content (AvgIpc) is 2.72. The molecule has 0 saturated carbocycles. The van der Waals surface area contributed by atoms with E-state index in [9.17, 15) is 9.59 Å². The number of morpholine rings is 1. The maximum Gasteiger partial charge on any atom is 0.255 e. The molecule has 1 fully saturated rings. The fourth-order valence-electron chi connectivity index (χ4n) is 3.25. The van der Waals surface area contributed by atoms with Crippen LogP contribution in [0.15, 0.2) is 41.2 Å². The molecule has 0 bridgehead atoms. The fraction of sp³-hybridized carbons (Fsp3) is 0.450. The van der Waals surface area contributed by atoms with Gasteiger partial charge in [-0.05, 0) is 19.1 Å². The number of ether oxygens (including phenoxy) is 2. The molecule has 28 heavy (non-hydrogen) atoms. The van der Waals surface area contributed by atoms with Crippen LogP contribution in [0, 0.1) is 0 Å². The van der Waals surface area contributed by atoms with Crippen molar-refractivity contribution in [1.82, 2.24) is 9.55 Å². The number of hydrogen-bond donors (Lipinski definition) is 0. The second-order valence-electron chi connectivity index (χ2n) is 6.48. The minimum Gasteiger partial charge on any atom is -0.378 e. The normalized spacial score (nSPS) is 14.1. The first-order valence-electron chi connectivity index (χ1n) is 9.41. The number of likely N-dealkylation sites (N-methyl/N-ethyl adjacent to an activating group) is 1. The number of rotatable bonds is 7. The summed E-state index contributed by atoms with van der Waals surface area (Å²) in [5.74, 6) is 0.326. The largest absolute Gasteiger partial charge is 0.378 e. The van der Waals surface area contributed by atoms with E-state index in [1.165, 1.54) is 10.6 Å². The highest BCUT2D eigenvalue weighted by Gasteiger charge is 2.22. The third kappa shape index (κ3) is 4.58. The Hall–Kier alpha value is -2.71. The summed E-state index contributed by atoms with van der Waals surface area (Å²) in [7, 11) is 1.56. The zero-order valence-corrected chi connectivity index (χ0v) is 16.3. The minimum absolute atomic E-state index is 0.0749. The molecule has 3 rings (SSSR count). The maximum absolute atomic E-state index is 13.0. The van der Waals surface area contributed by atoms with Gasteiger partial charge in [0, 0.05) is 38.5 Å². The lowest BCUT2D eigenvalue weighted by molar-refractivity contribution is -0.119. The molecular formula is C20H26N4O4. The first-order valence-corrected chi connectivity index (χ1v) is 9.41. The van der Waals surface area contributed by atoms with Crippen molar-refractivity contribution in [2.24, 2.45) is 0 Å². The quantitative estimate of drug-likeness (QED) is 0.714. The van der Waals surface area contributed by atoms with Crippen molar-refractivity contribution >= 4 is 17.5 Å². The number of para-hydroxylation sites is 1.